The van der Waals surface area contributed by atoms with Gasteiger partial charge in [-0.1, -0.05) is 12.1 Å². The highest BCUT2D eigenvalue weighted by molar-refractivity contribution is 6.62. The van der Waals surface area contributed by atoms with Crippen molar-refractivity contribution >= 4 is 41.0 Å². The summed E-state index contributed by atoms with van der Waals surface area (Å²) in [5.41, 5.74) is 0.240. The quantitative estimate of drug-likeness (QED) is 0.336. The first kappa shape index (κ1) is 27.1. The number of carbonyl (C=O) groups excluding carboxylic acids is 1. The van der Waals surface area contributed by atoms with Crippen LogP contribution in [0.5, 0.6) is 0 Å². The summed E-state index contributed by atoms with van der Waals surface area (Å²) in [5, 5.41) is 18.9. The zero-order chi connectivity index (χ0) is 27.2. The summed E-state index contributed by atoms with van der Waals surface area (Å²) in [6.07, 6.45) is 3.86. The first-order chi connectivity index (χ1) is 17.1. The number of amides is 1. The van der Waals surface area contributed by atoms with Crippen molar-refractivity contribution in [1.82, 2.24) is 10.3 Å². The Hall–Kier alpha value is -2.92. The summed E-state index contributed by atoms with van der Waals surface area (Å²) in [6.45, 7) is 13.4. The van der Waals surface area contributed by atoms with Crippen molar-refractivity contribution in [3.8, 4) is 0 Å². The molecule has 1 aliphatic carbocycles. The van der Waals surface area contributed by atoms with Crippen LogP contribution in [0.25, 0.3) is 10.9 Å². The minimum atomic E-state index is -0.587. The molecule has 0 bridgehead atoms. The standard InChI is InChI=1S/C26H37BN4O6/c1-24(2,3)35-23(32)30-18-11-9-17(10-12-18)29-22-19-14-16(27-36-25(4,5)26(6,7)37-27)8-13-20(19)28-15-21(22)31(33)34/h8,13-15,17-18H,9-12H2,1-7H3,(H,28,29)(H,30,32). The Bertz CT molecular complexity index is 1170. The van der Waals surface area contributed by atoms with Crippen LogP contribution in [0.15, 0.2) is 24.4 Å². The highest BCUT2D eigenvalue weighted by Crippen LogP contribution is 2.38. The maximum atomic E-state index is 12.1. The van der Waals surface area contributed by atoms with E-state index in [-0.39, 0.29) is 17.8 Å². The molecule has 1 aliphatic heterocycles. The van der Waals surface area contributed by atoms with Crippen LogP contribution in [0.3, 0.4) is 0 Å². The topological polar surface area (TPSA) is 125 Å². The van der Waals surface area contributed by atoms with Crippen molar-refractivity contribution in [3.05, 3.63) is 34.5 Å². The molecule has 2 N–H and O–H groups in total. The van der Waals surface area contributed by atoms with Gasteiger partial charge in [0.15, 0.2) is 0 Å². The van der Waals surface area contributed by atoms with Crippen LogP contribution >= 0.6 is 0 Å². The number of nitro groups is 1. The molecule has 1 saturated heterocycles. The Morgan fingerprint density at radius 1 is 1.11 bits per heavy atom. The van der Waals surface area contributed by atoms with Crippen LogP contribution in [0.1, 0.15) is 74.1 Å². The molecule has 2 heterocycles. The molecule has 2 aliphatic rings. The van der Waals surface area contributed by atoms with Crippen LogP contribution in [-0.2, 0) is 14.0 Å². The molecular weight excluding hydrogens is 475 g/mol. The molecule has 37 heavy (non-hydrogen) atoms. The minimum Gasteiger partial charge on any atom is -0.444 e. The van der Waals surface area contributed by atoms with Gasteiger partial charge in [-0.3, -0.25) is 10.1 Å². The number of fused-ring (bicyclic) bond motifs is 1. The van der Waals surface area contributed by atoms with Crippen molar-refractivity contribution < 1.29 is 23.8 Å². The van der Waals surface area contributed by atoms with Gasteiger partial charge in [0.05, 0.1) is 21.6 Å². The van der Waals surface area contributed by atoms with E-state index in [4.69, 9.17) is 14.0 Å². The summed E-state index contributed by atoms with van der Waals surface area (Å²) in [6, 6.07) is 5.62. The molecule has 0 spiro atoms. The number of nitrogens with zero attached hydrogens (tertiary/aromatic N) is 2. The van der Waals surface area contributed by atoms with E-state index in [1.807, 2.05) is 66.7 Å². The molecule has 200 valence electrons. The van der Waals surface area contributed by atoms with E-state index in [0.717, 1.165) is 31.1 Å². The molecule has 1 amide bonds. The second-order valence-corrected chi connectivity index (χ2v) is 12.0. The Balaban J connectivity index is 1.54. The molecular formula is C26H37BN4O6. The number of aromatic nitrogens is 1. The Morgan fingerprint density at radius 2 is 1.70 bits per heavy atom. The predicted octanol–water partition coefficient (Wildman–Crippen LogP) is 4.69. The van der Waals surface area contributed by atoms with Crippen molar-refractivity contribution in [2.75, 3.05) is 5.32 Å². The number of rotatable bonds is 5. The fraction of sp³-hybridized carbons (Fsp3) is 0.615. The smallest absolute Gasteiger partial charge is 0.444 e. The van der Waals surface area contributed by atoms with Crippen LogP contribution in [0.2, 0.25) is 0 Å². The minimum absolute atomic E-state index is 0.00652. The molecule has 2 fully saturated rings. The summed E-state index contributed by atoms with van der Waals surface area (Å²) in [5.74, 6) is 0. The molecule has 1 aromatic carbocycles. The lowest BCUT2D eigenvalue weighted by Crippen LogP contribution is -2.42. The third-order valence-electron chi connectivity index (χ3n) is 7.39. The molecule has 0 atom stereocenters. The van der Waals surface area contributed by atoms with Crippen LogP contribution < -0.4 is 16.1 Å². The largest absolute Gasteiger partial charge is 0.494 e. The van der Waals surface area contributed by atoms with Crippen molar-refractivity contribution in [2.45, 2.75) is 103 Å². The second-order valence-electron chi connectivity index (χ2n) is 12.0. The summed E-state index contributed by atoms with van der Waals surface area (Å²) in [4.78, 5) is 28.0. The summed E-state index contributed by atoms with van der Waals surface area (Å²) in [7, 11) is -0.587. The monoisotopic (exact) mass is 512 g/mol. The number of benzene rings is 1. The zero-order valence-corrected chi connectivity index (χ0v) is 22.7. The van der Waals surface area contributed by atoms with Gasteiger partial charge in [0.1, 0.15) is 17.5 Å². The number of ether oxygens (including phenoxy) is 1. The van der Waals surface area contributed by atoms with Gasteiger partial charge >= 0.3 is 18.9 Å². The molecule has 1 saturated carbocycles. The predicted molar refractivity (Wildman–Crippen MR) is 143 cm³/mol. The number of alkyl carbamates (subject to hydrolysis) is 1. The molecule has 11 heteroatoms. The van der Waals surface area contributed by atoms with E-state index in [1.165, 1.54) is 6.20 Å². The lowest BCUT2D eigenvalue weighted by molar-refractivity contribution is -0.384. The highest BCUT2D eigenvalue weighted by atomic mass is 16.7. The summed E-state index contributed by atoms with van der Waals surface area (Å²) >= 11 is 0. The van der Waals surface area contributed by atoms with Gasteiger partial charge in [-0.05, 0) is 85.7 Å². The van der Waals surface area contributed by atoms with Gasteiger partial charge < -0.3 is 24.7 Å². The molecule has 10 nitrogen and oxygen atoms in total. The van der Waals surface area contributed by atoms with Gasteiger partial charge in [-0.25, -0.2) is 9.78 Å². The first-order valence-corrected chi connectivity index (χ1v) is 12.8. The molecule has 4 rings (SSSR count). The fourth-order valence-corrected chi connectivity index (χ4v) is 4.68. The average molecular weight is 512 g/mol. The number of hydrogen-bond acceptors (Lipinski definition) is 8. The molecule has 0 unspecified atom stereocenters. The second kappa shape index (κ2) is 9.76. The first-order valence-electron chi connectivity index (χ1n) is 12.8. The van der Waals surface area contributed by atoms with Gasteiger partial charge in [-0.2, -0.15) is 0 Å². The van der Waals surface area contributed by atoms with Crippen molar-refractivity contribution in [1.29, 1.82) is 0 Å². The number of pyridine rings is 1. The Morgan fingerprint density at radius 3 is 2.27 bits per heavy atom. The van der Waals surface area contributed by atoms with E-state index < -0.39 is 34.9 Å². The lowest BCUT2D eigenvalue weighted by Gasteiger charge is -2.32. The highest BCUT2D eigenvalue weighted by Gasteiger charge is 2.51. The normalized spacial score (nSPS) is 23.1. The Kier molecular flexibility index (Phi) is 7.15. The van der Waals surface area contributed by atoms with Gasteiger partial charge in [0.25, 0.3) is 0 Å². The zero-order valence-electron chi connectivity index (χ0n) is 22.7. The van der Waals surface area contributed by atoms with Crippen LogP contribution in [0, 0.1) is 10.1 Å². The maximum absolute atomic E-state index is 12.1. The van der Waals surface area contributed by atoms with E-state index in [1.54, 1.807) is 0 Å². The van der Waals surface area contributed by atoms with E-state index in [0.29, 0.717) is 16.6 Å². The SMILES string of the molecule is CC(C)(C)OC(=O)NC1CCC(Nc2c([N+](=O)[O-])cnc3ccc(B4OC(C)(C)C(C)(C)O4)cc23)CC1. The van der Waals surface area contributed by atoms with Crippen LogP contribution in [-0.4, -0.2) is 52.0 Å². The maximum Gasteiger partial charge on any atom is 0.494 e. The van der Waals surface area contributed by atoms with Gasteiger partial charge in [0.2, 0.25) is 0 Å². The lowest BCUT2D eigenvalue weighted by atomic mass is 9.78. The molecule has 2 aromatic rings. The number of hydrogen-bond donors (Lipinski definition) is 2. The summed E-state index contributed by atoms with van der Waals surface area (Å²) < 4.78 is 17.8. The number of carbonyl (C=O) groups is 1. The van der Waals surface area contributed by atoms with E-state index in [9.17, 15) is 14.9 Å². The average Bonchev–Trinajstić information content (AvgIpc) is 3.00. The third-order valence-corrected chi connectivity index (χ3v) is 7.39. The Labute approximate surface area is 218 Å². The number of anilines is 1. The fourth-order valence-electron chi connectivity index (χ4n) is 4.68. The van der Waals surface area contributed by atoms with E-state index >= 15 is 0 Å². The number of nitrogens with one attached hydrogen (secondary N) is 2. The van der Waals surface area contributed by atoms with Crippen LogP contribution in [0.4, 0.5) is 16.2 Å². The van der Waals surface area contributed by atoms with Gasteiger partial charge in [0, 0.05) is 17.5 Å². The molecule has 1 aromatic heterocycles. The molecule has 0 radical (unpaired) electrons. The van der Waals surface area contributed by atoms with E-state index in [2.05, 4.69) is 15.6 Å². The third kappa shape index (κ3) is 5.99. The van der Waals surface area contributed by atoms with Crippen molar-refractivity contribution in [3.63, 3.8) is 0 Å². The van der Waals surface area contributed by atoms with Crippen molar-refractivity contribution in [2.24, 2.45) is 0 Å². The van der Waals surface area contributed by atoms with Gasteiger partial charge in [-0.15, -0.1) is 0 Å².